The number of nitrogens with one attached hydrogen (secondary N) is 1. The predicted molar refractivity (Wildman–Crippen MR) is 88.9 cm³/mol. The lowest BCUT2D eigenvalue weighted by atomic mass is 9.86. The second kappa shape index (κ2) is 6.48. The molecule has 112 valence electrons. The highest BCUT2D eigenvalue weighted by molar-refractivity contribution is 5.93. The van der Waals surface area contributed by atoms with E-state index in [1.807, 2.05) is 19.9 Å². The molecule has 0 aliphatic rings. The number of nitrogens with two attached hydrogens (primary N) is 1. The van der Waals surface area contributed by atoms with Crippen LogP contribution >= 0.6 is 0 Å². The molecule has 0 amide bonds. The van der Waals surface area contributed by atoms with Crippen molar-refractivity contribution in [2.75, 3.05) is 11.9 Å². The molecule has 0 unspecified atom stereocenters. The third-order valence-corrected chi connectivity index (χ3v) is 3.88. The number of fused-ring (bicyclic) bond motifs is 1. The third-order valence-electron chi connectivity index (χ3n) is 3.88. The number of rotatable bonds is 6. The highest BCUT2D eigenvalue weighted by Gasteiger charge is 2.22. The minimum absolute atomic E-state index is 0.283. The second-order valence-electron chi connectivity index (χ2n) is 5.93. The molecule has 0 bridgehead atoms. The van der Waals surface area contributed by atoms with Gasteiger partial charge in [-0.1, -0.05) is 55.4 Å². The molecular weight excluding hydrogens is 262 g/mol. The average Bonchev–Trinajstić information content (AvgIpc) is 2.50. The van der Waals surface area contributed by atoms with Crippen molar-refractivity contribution in [2.45, 2.75) is 26.7 Å². The molecule has 0 radical (unpaired) electrons. The van der Waals surface area contributed by atoms with Crippen LogP contribution in [-0.2, 0) is 0 Å². The summed E-state index contributed by atoms with van der Waals surface area (Å²) in [5.74, 6) is 0.285. The summed E-state index contributed by atoms with van der Waals surface area (Å²) in [4.78, 5) is 0. The summed E-state index contributed by atoms with van der Waals surface area (Å²) in [7, 11) is 0. The van der Waals surface area contributed by atoms with Crippen molar-refractivity contribution < 1.29 is 5.21 Å². The lowest BCUT2D eigenvalue weighted by Crippen LogP contribution is -2.32. The smallest absolute Gasteiger partial charge is 0.144 e. The monoisotopic (exact) mass is 285 g/mol. The van der Waals surface area contributed by atoms with E-state index < -0.39 is 0 Å². The molecule has 0 aliphatic heterocycles. The maximum atomic E-state index is 8.77. The van der Waals surface area contributed by atoms with Gasteiger partial charge in [-0.15, -0.1) is 0 Å². The predicted octanol–water partition coefficient (Wildman–Crippen LogP) is 3.80. The molecule has 4 nitrogen and oxygen atoms in total. The first kappa shape index (κ1) is 15.2. The van der Waals surface area contributed by atoms with E-state index in [0.717, 1.165) is 25.1 Å². The van der Waals surface area contributed by atoms with Crippen LogP contribution in [0.25, 0.3) is 10.8 Å². The number of hydrogen-bond acceptors (Lipinski definition) is 3. The van der Waals surface area contributed by atoms with E-state index in [1.54, 1.807) is 0 Å². The summed E-state index contributed by atoms with van der Waals surface area (Å²) < 4.78 is 0. The number of nitrogens with zero attached hydrogens (tertiary/aromatic N) is 1. The molecule has 0 aromatic heterocycles. The molecule has 0 fully saturated rings. The van der Waals surface area contributed by atoms with Crippen molar-refractivity contribution in [2.24, 2.45) is 16.3 Å². The quantitative estimate of drug-likeness (QED) is 0.248. The van der Waals surface area contributed by atoms with Gasteiger partial charge in [0.15, 0.2) is 0 Å². The molecule has 2 rings (SSSR count). The maximum absolute atomic E-state index is 8.77. The van der Waals surface area contributed by atoms with Crippen LogP contribution in [0, 0.1) is 5.41 Å². The molecule has 0 aliphatic carbocycles. The van der Waals surface area contributed by atoms with Crippen LogP contribution in [0.5, 0.6) is 0 Å². The first-order chi connectivity index (χ1) is 10.0. The average molecular weight is 285 g/mol. The molecular formula is C17H23N3O. The summed E-state index contributed by atoms with van der Waals surface area (Å²) >= 11 is 0. The van der Waals surface area contributed by atoms with Gasteiger partial charge in [-0.3, -0.25) is 0 Å². The summed E-state index contributed by atoms with van der Waals surface area (Å²) in [6, 6.07) is 14.6. The van der Waals surface area contributed by atoms with E-state index in [0.29, 0.717) is 0 Å². The van der Waals surface area contributed by atoms with Gasteiger partial charge in [-0.2, -0.15) is 0 Å². The first-order valence-electron chi connectivity index (χ1n) is 7.24. The van der Waals surface area contributed by atoms with Crippen molar-refractivity contribution in [1.82, 2.24) is 0 Å². The van der Waals surface area contributed by atoms with Gasteiger partial charge in [0.25, 0.3) is 0 Å². The lowest BCUT2D eigenvalue weighted by molar-refractivity contribution is 0.305. The van der Waals surface area contributed by atoms with E-state index in [2.05, 4.69) is 46.9 Å². The lowest BCUT2D eigenvalue weighted by Gasteiger charge is -2.22. The first-order valence-corrected chi connectivity index (χ1v) is 7.24. The molecule has 2 aromatic carbocycles. The minimum atomic E-state index is -0.283. The Bertz CT molecular complexity index is 629. The van der Waals surface area contributed by atoms with E-state index in [4.69, 9.17) is 10.9 Å². The van der Waals surface area contributed by atoms with Crippen LogP contribution in [0.4, 0.5) is 5.69 Å². The van der Waals surface area contributed by atoms with Gasteiger partial charge in [0.2, 0.25) is 0 Å². The Morgan fingerprint density at radius 2 is 1.90 bits per heavy atom. The van der Waals surface area contributed by atoms with E-state index in [-0.39, 0.29) is 11.3 Å². The van der Waals surface area contributed by atoms with Crippen LogP contribution in [0.1, 0.15) is 26.7 Å². The molecule has 0 saturated carbocycles. The van der Waals surface area contributed by atoms with Gasteiger partial charge in [0.1, 0.15) is 5.84 Å². The number of amidine groups is 1. The van der Waals surface area contributed by atoms with Crippen LogP contribution in [0.2, 0.25) is 0 Å². The van der Waals surface area contributed by atoms with Crippen LogP contribution in [0.15, 0.2) is 47.6 Å². The minimum Gasteiger partial charge on any atom is -0.409 e. The highest BCUT2D eigenvalue weighted by Crippen LogP contribution is 2.25. The number of anilines is 1. The molecule has 4 heteroatoms. The summed E-state index contributed by atoms with van der Waals surface area (Å²) in [5, 5.41) is 17.8. The van der Waals surface area contributed by atoms with Crippen molar-refractivity contribution >= 4 is 22.3 Å². The zero-order valence-electron chi connectivity index (χ0n) is 12.6. The Labute approximate surface area is 125 Å². The standard InChI is InChI=1S/C17H23N3O/c1-17(2,16(18)20-21)11-6-12-19-15-10-5-8-13-7-3-4-9-14(13)15/h3-5,7-10,19,21H,6,11-12H2,1-2H3,(H2,18,20). The van der Waals surface area contributed by atoms with Gasteiger partial charge in [-0.05, 0) is 24.3 Å². The molecule has 0 heterocycles. The highest BCUT2D eigenvalue weighted by atomic mass is 16.4. The number of hydrogen-bond donors (Lipinski definition) is 3. The molecule has 2 aromatic rings. The van der Waals surface area contributed by atoms with Gasteiger partial charge >= 0.3 is 0 Å². The summed E-state index contributed by atoms with van der Waals surface area (Å²) in [6.45, 7) is 4.83. The maximum Gasteiger partial charge on any atom is 0.144 e. The molecule has 4 N–H and O–H groups in total. The van der Waals surface area contributed by atoms with Crippen molar-refractivity contribution in [1.29, 1.82) is 0 Å². The number of oxime groups is 1. The Balaban J connectivity index is 1.94. The SMILES string of the molecule is CC(C)(CCCNc1cccc2ccccc12)C(N)=NO. The Morgan fingerprint density at radius 1 is 1.19 bits per heavy atom. The fraction of sp³-hybridized carbons (Fsp3) is 0.353. The second-order valence-corrected chi connectivity index (χ2v) is 5.93. The van der Waals surface area contributed by atoms with Crippen molar-refractivity contribution in [3.63, 3.8) is 0 Å². The molecule has 21 heavy (non-hydrogen) atoms. The Morgan fingerprint density at radius 3 is 2.67 bits per heavy atom. The van der Waals surface area contributed by atoms with Gasteiger partial charge in [0, 0.05) is 23.0 Å². The fourth-order valence-electron chi connectivity index (χ4n) is 2.40. The van der Waals surface area contributed by atoms with Crippen LogP contribution in [0.3, 0.4) is 0 Å². The molecule has 0 saturated heterocycles. The zero-order valence-corrected chi connectivity index (χ0v) is 12.6. The largest absolute Gasteiger partial charge is 0.409 e. The van der Waals surface area contributed by atoms with Gasteiger partial charge < -0.3 is 16.3 Å². The van der Waals surface area contributed by atoms with Crippen LogP contribution in [-0.4, -0.2) is 17.6 Å². The van der Waals surface area contributed by atoms with E-state index in [9.17, 15) is 0 Å². The third kappa shape index (κ3) is 3.66. The van der Waals surface area contributed by atoms with Crippen molar-refractivity contribution in [3.05, 3.63) is 42.5 Å². The molecule has 0 spiro atoms. The van der Waals surface area contributed by atoms with E-state index in [1.165, 1.54) is 10.8 Å². The number of benzene rings is 2. The van der Waals surface area contributed by atoms with Gasteiger partial charge in [-0.25, -0.2) is 0 Å². The normalized spacial score (nSPS) is 12.6. The summed E-state index contributed by atoms with van der Waals surface area (Å²) in [5.41, 5.74) is 6.56. The van der Waals surface area contributed by atoms with Crippen molar-refractivity contribution in [3.8, 4) is 0 Å². The molecule has 0 atom stereocenters. The summed E-state index contributed by atoms with van der Waals surface area (Å²) in [6.07, 6.45) is 1.81. The Kier molecular flexibility index (Phi) is 4.68. The fourth-order valence-corrected chi connectivity index (χ4v) is 2.40. The Hall–Kier alpha value is -2.23. The van der Waals surface area contributed by atoms with E-state index >= 15 is 0 Å². The topological polar surface area (TPSA) is 70.6 Å². The van der Waals surface area contributed by atoms with Crippen LogP contribution < -0.4 is 11.1 Å². The zero-order chi connectivity index (χ0) is 15.3. The van der Waals surface area contributed by atoms with Gasteiger partial charge in [0.05, 0.1) is 0 Å².